The van der Waals surface area contributed by atoms with Gasteiger partial charge in [-0.05, 0) is 43.2 Å². The van der Waals surface area contributed by atoms with Crippen molar-refractivity contribution in [1.82, 2.24) is 9.21 Å². The van der Waals surface area contributed by atoms with Crippen molar-refractivity contribution in [3.63, 3.8) is 0 Å². The van der Waals surface area contributed by atoms with E-state index < -0.39 is 15.8 Å². The molecule has 0 saturated carbocycles. The second-order valence-corrected chi connectivity index (χ2v) is 8.89. The number of amides is 1. The number of carbonyl (C=O) groups excluding carboxylic acids is 1. The van der Waals surface area contributed by atoms with E-state index in [4.69, 9.17) is 0 Å². The predicted octanol–water partition coefficient (Wildman–Crippen LogP) is 2.39. The highest BCUT2D eigenvalue weighted by molar-refractivity contribution is 7.89. The zero-order chi connectivity index (χ0) is 20.3. The molecule has 1 aliphatic heterocycles. The predicted molar refractivity (Wildman–Crippen MR) is 106 cm³/mol. The van der Waals surface area contributed by atoms with E-state index in [0.29, 0.717) is 13.1 Å². The van der Waals surface area contributed by atoms with Crippen molar-refractivity contribution in [2.24, 2.45) is 0 Å². The van der Waals surface area contributed by atoms with Gasteiger partial charge in [-0.15, -0.1) is 0 Å². The molecular formula is C20H24FN3O3S. The summed E-state index contributed by atoms with van der Waals surface area (Å²) in [6.07, 6.45) is 0. The Hall–Kier alpha value is -2.29. The molecule has 1 heterocycles. The first-order valence-corrected chi connectivity index (χ1v) is 10.6. The molecule has 28 heavy (non-hydrogen) atoms. The molecule has 0 bridgehead atoms. The van der Waals surface area contributed by atoms with Crippen LogP contribution in [0, 0.1) is 19.7 Å². The van der Waals surface area contributed by atoms with Gasteiger partial charge >= 0.3 is 0 Å². The maximum Gasteiger partial charge on any atom is 0.243 e. The number of aryl methyl sites for hydroxylation is 2. The largest absolute Gasteiger partial charge is 0.324 e. The molecule has 0 aromatic heterocycles. The number of carbonyl (C=O) groups is 1. The maximum atomic E-state index is 13.4. The molecule has 0 radical (unpaired) electrons. The Bertz CT molecular complexity index is 950. The third-order valence-electron chi connectivity index (χ3n) is 4.88. The lowest BCUT2D eigenvalue weighted by molar-refractivity contribution is -0.117. The highest BCUT2D eigenvalue weighted by Crippen LogP contribution is 2.20. The second-order valence-electron chi connectivity index (χ2n) is 6.95. The van der Waals surface area contributed by atoms with E-state index in [9.17, 15) is 17.6 Å². The molecule has 2 aromatic carbocycles. The summed E-state index contributed by atoms with van der Waals surface area (Å²) in [5, 5.41) is 2.95. The van der Waals surface area contributed by atoms with E-state index in [1.165, 1.54) is 22.5 Å². The SMILES string of the molecule is Cc1cccc(C)c1NC(=O)CN1CCN(S(=O)(=O)c2cccc(F)c2)CC1. The number of hydrogen-bond donors (Lipinski definition) is 1. The Kier molecular flexibility index (Phi) is 6.12. The van der Waals surface area contributed by atoms with Crippen LogP contribution in [0.1, 0.15) is 11.1 Å². The fourth-order valence-corrected chi connectivity index (χ4v) is 4.75. The molecule has 8 heteroatoms. The van der Waals surface area contributed by atoms with Crippen LogP contribution in [0.2, 0.25) is 0 Å². The monoisotopic (exact) mass is 405 g/mol. The fraction of sp³-hybridized carbons (Fsp3) is 0.350. The minimum atomic E-state index is -3.73. The first kappa shape index (κ1) is 20.4. The first-order valence-electron chi connectivity index (χ1n) is 9.11. The molecule has 0 atom stereocenters. The normalized spacial score (nSPS) is 16.1. The van der Waals surface area contributed by atoms with Crippen LogP contribution in [0.4, 0.5) is 10.1 Å². The maximum absolute atomic E-state index is 13.4. The Morgan fingerprint density at radius 1 is 1.04 bits per heavy atom. The smallest absolute Gasteiger partial charge is 0.243 e. The van der Waals surface area contributed by atoms with Crippen LogP contribution in [-0.4, -0.2) is 56.3 Å². The minimum Gasteiger partial charge on any atom is -0.324 e. The number of anilines is 1. The molecule has 6 nitrogen and oxygen atoms in total. The lowest BCUT2D eigenvalue weighted by Crippen LogP contribution is -2.50. The number of nitrogens with one attached hydrogen (secondary N) is 1. The van der Waals surface area contributed by atoms with Gasteiger partial charge in [-0.25, -0.2) is 12.8 Å². The zero-order valence-electron chi connectivity index (χ0n) is 16.0. The van der Waals surface area contributed by atoms with Gasteiger partial charge in [-0.1, -0.05) is 24.3 Å². The van der Waals surface area contributed by atoms with E-state index in [0.717, 1.165) is 22.9 Å². The van der Waals surface area contributed by atoms with Crippen LogP contribution in [0.3, 0.4) is 0 Å². The van der Waals surface area contributed by atoms with Crippen molar-refractivity contribution in [3.05, 3.63) is 59.4 Å². The number of benzene rings is 2. The van der Waals surface area contributed by atoms with Crippen molar-refractivity contribution in [3.8, 4) is 0 Å². The molecule has 0 unspecified atom stereocenters. The molecule has 1 saturated heterocycles. The average molecular weight is 405 g/mol. The van der Waals surface area contributed by atoms with E-state index in [1.807, 2.05) is 36.9 Å². The number of hydrogen-bond acceptors (Lipinski definition) is 4. The van der Waals surface area contributed by atoms with Crippen LogP contribution in [-0.2, 0) is 14.8 Å². The van der Waals surface area contributed by atoms with Gasteiger partial charge in [-0.2, -0.15) is 4.31 Å². The molecule has 150 valence electrons. The topological polar surface area (TPSA) is 69.7 Å². The first-order chi connectivity index (χ1) is 13.3. The van der Waals surface area contributed by atoms with Gasteiger partial charge in [-0.3, -0.25) is 9.69 Å². The van der Waals surface area contributed by atoms with Gasteiger partial charge < -0.3 is 5.32 Å². The van der Waals surface area contributed by atoms with Gasteiger partial charge in [0.2, 0.25) is 15.9 Å². The quantitative estimate of drug-likeness (QED) is 0.829. The van der Waals surface area contributed by atoms with Gasteiger partial charge in [0, 0.05) is 31.9 Å². The summed E-state index contributed by atoms with van der Waals surface area (Å²) >= 11 is 0. The van der Waals surface area contributed by atoms with Crippen LogP contribution in [0.25, 0.3) is 0 Å². The summed E-state index contributed by atoms with van der Waals surface area (Å²) in [6, 6.07) is 10.8. The van der Waals surface area contributed by atoms with Crippen molar-refractivity contribution in [2.45, 2.75) is 18.7 Å². The Labute approximate surface area is 165 Å². The third kappa shape index (κ3) is 4.57. The van der Waals surface area contributed by atoms with E-state index in [-0.39, 0.29) is 30.4 Å². The van der Waals surface area contributed by atoms with Crippen molar-refractivity contribution >= 4 is 21.6 Å². The van der Waals surface area contributed by atoms with E-state index in [2.05, 4.69) is 5.32 Å². The fourth-order valence-electron chi connectivity index (χ4n) is 3.30. The number of halogens is 1. The number of rotatable bonds is 5. The molecule has 2 aromatic rings. The van der Waals surface area contributed by atoms with Crippen LogP contribution >= 0.6 is 0 Å². The molecular weight excluding hydrogens is 381 g/mol. The minimum absolute atomic E-state index is 0.0475. The summed E-state index contributed by atoms with van der Waals surface area (Å²) in [7, 11) is -3.73. The molecule has 0 spiro atoms. The van der Waals surface area contributed by atoms with Gasteiger partial charge in [0.15, 0.2) is 0 Å². The summed E-state index contributed by atoms with van der Waals surface area (Å²) in [6.45, 7) is 5.48. The average Bonchev–Trinajstić information content (AvgIpc) is 2.65. The van der Waals surface area contributed by atoms with Gasteiger partial charge in [0.25, 0.3) is 0 Å². The number of piperazine rings is 1. The lowest BCUT2D eigenvalue weighted by Gasteiger charge is -2.33. The zero-order valence-corrected chi connectivity index (χ0v) is 16.8. The van der Waals surface area contributed by atoms with Crippen LogP contribution in [0.5, 0.6) is 0 Å². The van der Waals surface area contributed by atoms with Crippen molar-refractivity contribution in [2.75, 3.05) is 38.0 Å². The number of nitrogens with zero attached hydrogens (tertiary/aromatic N) is 2. The molecule has 1 amide bonds. The summed E-state index contributed by atoms with van der Waals surface area (Å²) in [5.41, 5.74) is 2.82. The standard InChI is InChI=1S/C20H24FN3O3S/c1-15-5-3-6-16(2)20(15)22-19(25)14-23-9-11-24(12-10-23)28(26,27)18-8-4-7-17(21)13-18/h3-8,13H,9-12,14H2,1-2H3,(H,22,25). The summed E-state index contributed by atoms with van der Waals surface area (Å²) < 4.78 is 40.0. The lowest BCUT2D eigenvalue weighted by atomic mass is 10.1. The highest BCUT2D eigenvalue weighted by Gasteiger charge is 2.29. The van der Waals surface area contributed by atoms with Gasteiger partial charge in [0.1, 0.15) is 5.82 Å². The van der Waals surface area contributed by atoms with Crippen molar-refractivity contribution < 1.29 is 17.6 Å². The Balaban J connectivity index is 1.57. The van der Waals surface area contributed by atoms with E-state index >= 15 is 0 Å². The molecule has 1 aliphatic rings. The summed E-state index contributed by atoms with van der Waals surface area (Å²) in [4.78, 5) is 14.3. The third-order valence-corrected chi connectivity index (χ3v) is 6.77. The molecule has 1 N–H and O–H groups in total. The second kappa shape index (κ2) is 8.38. The van der Waals surface area contributed by atoms with Gasteiger partial charge in [0.05, 0.1) is 11.4 Å². The van der Waals surface area contributed by atoms with Crippen LogP contribution < -0.4 is 5.32 Å². The van der Waals surface area contributed by atoms with E-state index in [1.54, 1.807) is 0 Å². The highest BCUT2D eigenvalue weighted by atomic mass is 32.2. The van der Waals surface area contributed by atoms with Crippen molar-refractivity contribution in [1.29, 1.82) is 0 Å². The van der Waals surface area contributed by atoms with Crippen LogP contribution in [0.15, 0.2) is 47.4 Å². The summed E-state index contributed by atoms with van der Waals surface area (Å²) in [5.74, 6) is -0.707. The molecule has 1 fully saturated rings. The number of para-hydroxylation sites is 1. The Morgan fingerprint density at radius 2 is 1.64 bits per heavy atom. The number of sulfonamides is 1. The molecule has 0 aliphatic carbocycles. The Morgan fingerprint density at radius 3 is 2.25 bits per heavy atom. The molecule has 3 rings (SSSR count).